The summed E-state index contributed by atoms with van der Waals surface area (Å²) < 4.78 is 49.8. The highest BCUT2D eigenvalue weighted by molar-refractivity contribution is 5.65. The van der Waals surface area contributed by atoms with Gasteiger partial charge in [-0.05, 0) is 49.8 Å². The molecule has 0 amide bonds. The Balaban J connectivity index is 1.78. The molecule has 2 aromatic carbocycles. The van der Waals surface area contributed by atoms with E-state index in [0.717, 1.165) is 25.7 Å². The molecule has 1 nitrogen and oxygen atoms in total. The Morgan fingerprint density at radius 2 is 1.86 bits per heavy atom. The van der Waals surface area contributed by atoms with Gasteiger partial charge in [-0.25, -0.2) is 13.2 Å². The van der Waals surface area contributed by atoms with E-state index in [9.17, 15) is 13.2 Å². The minimum absolute atomic E-state index is 0.0767. The lowest BCUT2D eigenvalue weighted by molar-refractivity contribution is -0.00743. The summed E-state index contributed by atoms with van der Waals surface area (Å²) in [6, 6.07) is 7.75. The first-order valence-corrected chi connectivity index (χ1v) is 10.6. The third-order valence-corrected chi connectivity index (χ3v) is 5.65. The lowest BCUT2D eigenvalue weighted by Crippen LogP contribution is -2.20. The second-order valence-electron chi connectivity index (χ2n) is 7.78. The highest BCUT2D eigenvalue weighted by Gasteiger charge is 2.26. The Morgan fingerprint density at radius 1 is 1.03 bits per heavy atom. The Hall–Kier alpha value is -2.07. The molecule has 2 unspecified atom stereocenters. The third-order valence-electron chi connectivity index (χ3n) is 5.65. The molecule has 0 saturated carbocycles. The molecule has 0 radical (unpaired) electrons. The number of halogens is 3. The predicted octanol–water partition coefficient (Wildman–Crippen LogP) is 7.55. The summed E-state index contributed by atoms with van der Waals surface area (Å²) >= 11 is 0. The van der Waals surface area contributed by atoms with Gasteiger partial charge >= 0.3 is 0 Å². The zero-order valence-electron chi connectivity index (χ0n) is 17.2. The number of benzene rings is 2. The highest BCUT2D eigenvalue weighted by atomic mass is 19.2. The molecule has 0 bridgehead atoms. The molecule has 0 aromatic heterocycles. The summed E-state index contributed by atoms with van der Waals surface area (Å²) in [5.74, 6) is -1.89. The second kappa shape index (κ2) is 10.1. The van der Waals surface area contributed by atoms with Crippen LogP contribution in [-0.2, 0) is 11.2 Å². The van der Waals surface area contributed by atoms with E-state index >= 15 is 0 Å². The van der Waals surface area contributed by atoms with Crippen LogP contribution < -0.4 is 0 Å². The number of ether oxygens (including phenoxy) is 1. The number of rotatable bonds is 7. The first-order valence-electron chi connectivity index (χ1n) is 10.6. The van der Waals surface area contributed by atoms with Gasteiger partial charge in [-0.3, -0.25) is 0 Å². The van der Waals surface area contributed by atoms with E-state index in [0.29, 0.717) is 36.5 Å². The Kier molecular flexibility index (Phi) is 7.54. The molecule has 4 heteroatoms. The molecule has 156 valence electrons. The minimum Gasteiger partial charge on any atom is -0.373 e. The molecule has 0 spiro atoms. The SMILES string of the molecule is C/C=C/C1CCC(c2ccc(-c3ccc(CCCCC)c(F)c3)c(F)c2F)OC1. The molecular formula is C25H29F3O. The molecule has 29 heavy (non-hydrogen) atoms. The van der Waals surface area contributed by atoms with Crippen LogP contribution in [-0.4, -0.2) is 6.61 Å². The van der Waals surface area contributed by atoms with Gasteiger partial charge < -0.3 is 4.74 Å². The lowest BCUT2D eigenvalue weighted by Gasteiger charge is -2.28. The van der Waals surface area contributed by atoms with Crippen molar-refractivity contribution in [3.8, 4) is 11.1 Å². The van der Waals surface area contributed by atoms with E-state index in [1.165, 1.54) is 12.1 Å². The lowest BCUT2D eigenvalue weighted by atomic mass is 9.92. The normalized spacial score (nSPS) is 19.8. The number of allylic oxidation sites excluding steroid dienone is 1. The molecule has 0 aliphatic carbocycles. The fourth-order valence-electron chi connectivity index (χ4n) is 3.96. The van der Waals surface area contributed by atoms with Crippen LogP contribution in [0.5, 0.6) is 0 Å². The van der Waals surface area contributed by atoms with Gasteiger partial charge in [0.15, 0.2) is 11.6 Å². The number of hydrogen-bond donors (Lipinski definition) is 0. The summed E-state index contributed by atoms with van der Waals surface area (Å²) in [6.45, 7) is 4.56. The maximum Gasteiger partial charge on any atom is 0.167 e. The van der Waals surface area contributed by atoms with E-state index < -0.39 is 17.7 Å². The summed E-state index contributed by atoms with van der Waals surface area (Å²) in [5.41, 5.74) is 1.28. The first-order chi connectivity index (χ1) is 14.0. The van der Waals surface area contributed by atoms with Crippen LogP contribution in [0.25, 0.3) is 11.1 Å². The van der Waals surface area contributed by atoms with Crippen molar-refractivity contribution in [1.82, 2.24) is 0 Å². The summed E-state index contributed by atoms with van der Waals surface area (Å²) in [5, 5.41) is 0. The molecule has 1 fully saturated rings. The topological polar surface area (TPSA) is 9.23 Å². The average Bonchev–Trinajstić information content (AvgIpc) is 2.72. The van der Waals surface area contributed by atoms with Crippen molar-refractivity contribution >= 4 is 0 Å². The van der Waals surface area contributed by atoms with Crippen molar-refractivity contribution in [3.05, 3.63) is 71.1 Å². The van der Waals surface area contributed by atoms with Gasteiger partial charge in [-0.15, -0.1) is 0 Å². The zero-order valence-corrected chi connectivity index (χ0v) is 17.2. The molecule has 0 N–H and O–H groups in total. The maximum absolute atomic E-state index is 14.8. The molecule has 2 atom stereocenters. The van der Waals surface area contributed by atoms with Gasteiger partial charge in [-0.1, -0.05) is 56.2 Å². The monoisotopic (exact) mass is 402 g/mol. The van der Waals surface area contributed by atoms with Crippen LogP contribution in [0.1, 0.15) is 63.2 Å². The third kappa shape index (κ3) is 5.11. The molecule has 1 aliphatic rings. The van der Waals surface area contributed by atoms with Crippen molar-refractivity contribution in [2.75, 3.05) is 6.61 Å². The van der Waals surface area contributed by atoms with Crippen LogP contribution in [0.2, 0.25) is 0 Å². The molecule has 1 heterocycles. The summed E-state index contributed by atoms with van der Waals surface area (Å²) in [6.07, 6.45) is 8.82. The van der Waals surface area contributed by atoms with Crippen molar-refractivity contribution < 1.29 is 17.9 Å². The van der Waals surface area contributed by atoms with Crippen molar-refractivity contribution in [3.63, 3.8) is 0 Å². The van der Waals surface area contributed by atoms with E-state index in [1.807, 2.05) is 13.0 Å². The quantitative estimate of drug-likeness (QED) is 0.343. The Labute approximate surface area is 171 Å². The molecule has 2 aromatic rings. The van der Waals surface area contributed by atoms with Gasteiger partial charge in [0, 0.05) is 17.0 Å². The minimum atomic E-state index is -0.945. The van der Waals surface area contributed by atoms with Crippen LogP contribution in [0.15, 0.2) is 42.5 Å². The van der Waals surface area contributed by atoms with Gasteiger partial charge in [0.2, 0.25) is 0 Å². The standard InChI is InChI=1S/C25H29F3O/c1-3-5-6-8-18-10-11-19(15-22(18)26)20-12-13-21(25(28)24(20)27)23-14-9-17(7-4-2)16-29-23/h4,7,10-13,15,17,23H,3,5-6,8-9,14,16H2,1-2H3/b7-4+. The molecule has 1 aliphatic heterocycles. The van der Waals surface area contributed by atoms with Gasteiger partial charge in [0.1, 0.15) is 5.82 Å². The second-order valence-corrected chi connectivity index (χ2v) is 7.78. The number of hydrogen-bond acceptors (Lipinski definition) is 1. The summed E-state index contributed by atoms with van der Waals surface area (Å²) in [7, 11) is 0. The van der Waals surface area contributed by atoms with E-state index in [2.05, 4.69) is 13.0 Å². The number of unbranched alkanes of at least 4 members (excludes halogenated alkanes) is 2. The molecule has 3 rings (SSSR count). The Morgan fingerprint density at radius 3 is 2.52 bits per heavy atom. The number of aryl methyl sites for hydroxylation is 1. The maximum atomic E-state index is 14.8. The van der Waals surface area contributed by atoms with Gasteiger partial charge in [0.25, 0.3) is 0 Å². The van der Waals surface area contributed by atoms with E-state index in [1.54, 1.807) is 18.2 Å². The highest BCUT2D eigenvalue weighted by Crippen LogP contribution is 2.36. The van der Waals surface area contributed by atoms with Crippen LogP contribution in [0, 0.1) is 23.4 Å². The summed E-state index contributed by atoms with van der Waals surface area (Å²) in [4.78, 5) is 0. The van der Waals surface area contributed by atoms with E-state index in [-0.39, 0.29) is 16.9 Å². The average molecular weight is 403 g/mol. The fourth-order valence-corrected chi connectivity index (χ4v) is 3.96. The Bertz CT molecular complexity index is 851. The van der Waals surface area contributed by atoms with Crippen LogP contribution >= 0.6 is 0 Å². The van der Waals surface area contributed by atoms with Crippen molar-refractivity contribution in [1.29, 1.82) is 0 Å². The van der Waals surface area contributed by atoms with Gasteiger partial charge in [-0.2, -0.15) is 0 Å². The predicted molar refractivity (Wildman–Crippen MR) is 111 cm³/mol. The first kappa shape index (κ1) is 21.6. The van der Waals surface area contributed by atoms with Crippen molar-refractivity contribution in [2.24, 2.45) is 5.92 Å². The fraction of sp³-hybridized carbons (Fsp3) is 0.440. The van der Waals surface area contributed by atoms with Crippen LogP contribution in [0.3, 0.4) is 0 Å². The van der Waals surface area contributed by atoms with Gasteiger partial charge in [0.05, 0.1) is 12.7 Å². The largest absolute Gasteiger partial charge is 0.373 e. The molecule has 1 saturated heterocycles. The van der Waals surface area contributed by atoms with E-state index in [4.69, 9.17) is 4.74 Å². The van der Waals surface area contributed by atoms with Crippen LogP contribution in [0.4, 0.5) is 13.2 Å². The smallest absolute Gasteiger partial charge is 0.167 e. The zero-order chi connectivity index (χ0) is 20.8. The van der Waals surface area contributed by atoms with Crippen molar-refractivity contribution in [2.45, 2.75) is 58.5 Å². The molecular weight excluding hydrogens is 373 g/mol.